The highest BCUT2D eigenvalue weighted by Crippen LogP contribution is 2.40. The molecule has 45 heavy (non-hydrogen) atoms. The van der Waals surface area contributed by atoms with Crippen LogP contribution in [0.5, 0.6) is 0 Å². The van der Waals surface area contributed by atoms with Gasteiger partial charge in [0.25, 0.3) is 0 Å². The molecule has 1 amide bonds. The molecule has 10 heteroatoms. The molecule has 2 heterocycles. The number of aliphatic hydroxyl groups is 1. The number of aromatic carboxylic acids is 1. The van der Waals surface area contributed by atoms with Crippen molar-refractivity contribution in [2.24, 2.45) is 0 Å². The molecular weight excluding hydrogens is 592 g/mol. The number of carboxylic acid groups (broad SMARTS) is 1. The zero-order valence-electron chi connectivity index (χ0n) is 24.5. The van der Waals surface area contributed by atoms with Crippen LogP contribution < -0.4 is 5.32 Å². The number of rotatable bonds is 12. The van der Waals surface area contributed by atoms with E-state index in [1.165, 1.54) is 17.8 Å². The maximum atomic E-state index is 11.9. The predicted octanol–water partition coefficient (Wildman–Crippen LogP) is 6.69. The highest BCUT2D eigenvalue weighted by Gasteiger charge is 2.33. The Hall–Kier alpha value is -4.48. The van der Waals surface area contributed by atoms with Crippen molar-refractivity contribution in [3.63, 3.8) is 0 Å². The number of carboxylic acids is 1. The van der Waals surface area contributed by atoms with Gasteiger partial charge in [0.1, 0.15) is 11.6 Å². The number of hydrogen-bond donors (Lipinski definition) is 3. The Morgan fingerprint density at radius 1 is 0.978 bits per heavy atom. The standard InChI is InChI=1S/C35H34N2O7S/c1-2-16-42-35(41)37-20-24-6-3-7-26(17-24)27-8-4-9-28(18-27)34-43-29(22-45-32-30(33(39)40)10-5-15-36-32)19-31(44-34)25-13-11-23(21-38)12-14-25/h2-15,17-18,29,31,34,38H,1,16,19-22H2,(H,37,41)(H,39,40)/t29-,31+,34+/m1/s1. The second kappa shape index (κ2) is 15.5. The maximum absolute atomic E-state index is 11.9. The number of nitrogens with zero attached hydrogens (tertiary/aromatic N) is 1. The molecule has 0 spiro atoms. The number of carbonyl (C=O) groups is 2. The SMILES string of the molecule is C=CCOC(=O)NCc1cccc(-c2cccc([C@H]3O[C@@H](CSc4ncccc4C(=O)O)C[C@@H](c4ccc(CO)cc4)O3)c2)c1. The van der Waals surface area contributed by atoms with E-state index in [1.807, 2.05) is 72.8 Å². The van der Waals surface area contributed by atoms with Gasteiger partial charge in [-0.05, 0) is 52.1 Å². The molecule has 1 aliphatic rings. The molecule has 0 aliphatic carbocycles. The van der Waals surface area contributed by atoms with Crippen LogP contribution in [-0.2, 0) is 27.4 Å². The van der Waals surface area contributed by atoms with Crippen LogP contribution in [0.2, 0.25) is 0 Å². The fourth-order valence-electron chi connectivity index (χ4n) is 4.95. The lowest BCUT2D eigenvalue weighted by Gasteiger charge is -2.36. The van der Waals surface area contributed by atoms with E-state index in [1.54, 1.807) is 18.3 Å². The van der Waals surface area contributed by atoms with Crippen molar-refractivity contribution in [1.29, 1.82) is 0 Å². The molecule has 5 rings (SSSR count). The summed E-state index contributed by atoms with van der Waals surface area (Å²) in [7, 11) is 0. The lowest BCUT2D eigenvalue weighted by Crippen LogP contribution is -2.31. The minimum atomic E-state index is -1.03. The van der Waals surface area contributed by atoms with Gasteiger partial charge in [-0.25, -0.2) is 14.6 Å². The van der Waals surface area contributed by atoms with Gasteiger partial charge in [-0.1, -0.05) is 73.3 Å². The average Bonchev–Trinajstić information content (AvgIpc) is 3.09. The van der Waals surface area contributed by atoms with Gasteiger partial charge < -0.3 is 29.7 Å². The van der Waals surface area contributed by atoms with E-state index < -0.39 is 18.4 Å². The van der Waals surface area contributed by atoms with Crippen LogP contribution in [0.3, 0.4) is 0 Å². The summed E-state index contributed by atoms with van der Waals surface area (Å²) in [6, 6.07) is 26.6. The summed E-state index contributed by atoms with van der Waals surface area (Å²) in [5.74, 6) is -0.547. The quantitative estimate of drug-likeness (QED) is 0.116. The predicted molar refractivity (Wildman–Crippen MR) is 171 cm³/mol. The first-order valence-electron chi connectivity index (χ1n) is 14.5. The van der Waals surface area contributed by atoms with Crippen molar-refractivity contribution in [1.82, 2.24) is 10.3 Å². The third-order valence-corrected chi connectivity index (χ3v) is 8.35. The first-order valence-corrected chi connectivity index (χ1v) is 15.4. The number of hydrogen-bond acceptors (Lipinski definition) is 8. The second-order valence-corrected chi connectivity index (χ2v) is 11.4. The van der Waals surface area contributed by atoms with Gasteiger partial charge in [0.15, 0.2) is 6.29 Å². The van der Waals surface area contributed by atoms with E-state index in [4.69, 9.17) is 14.2 Å². The van der Waals surface area contributed by atoms with Gasteiger partial charge in [0.05, 0.1) is 24.4 Å². The van der Waals surface area contributed by atoms with E-state index >= 15 is 0 Å². The third-order valence-electron chi connectivity index (χ3n) is 7.21. The van der Waals surface area contributed by atoms with Crippen LogP contribution in [0.1, 0.15) is 51.4 Å². The van der Waals surface area contributed by atoms with E-state index in [9.17, 15) is 19.8 Å². The lowest BCUT2D eigenvalue weighted by molar-refractivity contribution is -0.245. The topological polar surface area (TPSA) is 127 Å². The summed E-state index contributed by atoms with van der Waals surface area (Å²) < 4.78 is 18.0. The number of thioether (sulfide) groups is 1. The molecule has 0 saturated carbocycles. The average molecular weight is 627 g/mol. The second-order valence-electron chi connectivity index (χ2n) is 10.4. The first-order chi connectivity index (χ1) is 21.9. The number of amides is 1. The molecule has 0 unspecified atom stereocenters. The summed E-state index contributed by atoms with van der Waals surface area (Å²) in [6.07, 6.45) is 1.91. The largest absolute Gasteiger partial charge is 0.478 e. The molecule has 1 saturated heterocycles. The molecule has 1 fully saturated rings. The van der Waals surface area contributed by atoms with Crippen molar-refractivity contribution < 1.29 is 34.0 Å². The smallest absolute Gasteiger partial charge is 0.407 e. The van der Waals surface area contributed by atoms with Gasteiger partial charge in [-0.2, -0.15) is 0 Å². The summed E-state index contributed by atoms with van der Waals surface area (Å²) in [6.45, 7) is 3.96. The minimum Gasteiger partial charge on any atom is -0.478 e. The zero-order chi connectivity index (χ0) is 31.6. The van der Waals surface area contributed by atoms with Crippen LogP contribution in [0, 0.1) is 0 Å². The summed E-state index contributed by atoms with van der Waals surface area (Å²) in [5.41, 5.74) is 5.59. The zero-order valence-corrected chi connectivity index (χ0v) is 25.3. The van der Waals surface area contributed by atoms with E-state index in [-0.39, 0.29) is 31.0 Å². The van der Waals surface area contributed by atoms with Gasteiger partial charge in [0, 0.05) is 30.5 Å². The molecule has 232 valence electrons. The maximum Gasteiger partial charge on any atom is 0.407 e. The summed E-state index contributed by atoms with van der Waals surface area (Å²) in [4.78, 5) is 27.9. The van der Waals surface area contributed by atoms with Crippen molar-refractivity contribution in [3.05, 3.63) is 132 Å². The number of aliphatic hydroxyl groups excluding tert-OH is 1. The lowest BCUT2D eigenvalue weighted by atomic mass is 9.99. The van der Waals surface area contributed by atoms with Crippen molar-refractivity contribution >= 4 is 23.8 Å². The Morgan fingerprint density at radius 3 is 2.51 bits per heavy atom. The van der Waals surface area contributed by atoms with Gasteiger partial charge in [-0.15, -0.1) is 11.8 Å². The third kappa shape index (κ3) is 8.58. The van der Waals surface area contributed by atoms with Crippen LogP contribution >= 0.6 is 11.8 Å². The highest BCUT2D eigenvalue weighted by molar-refractivity contribution is 7.99. The number of aromatic nitrogens is 1. The van der Waals surface area contributed by atoms with Crippen LogP contribution in [-0.4, -0.2) is 45.7 Å². The van der Waals surface area contributed by atoms with Crippen LogP contribution in [0.25, 0.3) is 11.1 Å². The monoisotopic (exact) mass is 626 g/mol. The normalized spacial score (nSPS) is 17.8. The van der Waals surface area contributed by atoms with Crippen molar-refractivity contribution in [3.8, 4) is 11.1 Å². The molecular formula is C35H34N2O7S. The van der Waals surface area contributed by atoms with Gasteiger partial charge >= 0.3 is 12.1 Å². The first kappa shape index (κ1) is 31.9. The molecule has 3 aromatic carbocycles. The molecule has 4 aromatic rings. The molecule has 1 aliphatic heterocycles. The summed E-state index contributed by atoms with van der Waals surface area (Å²) >= 11 is 1.35. The summed E-state index contributed by atoms with van der Waals surface area (Å²) in [5, 5.41) is 22.3. The Labute approximate surface area is 265 Å². The van der Waals surface area contributed by atoms with Crippen molar-refractivity contribution in [2.75, 3.05) is 12.4 Å². The number of pyridine rings is 1. The number of benzene rings is 3. The fraction of sp³-hybridized carbons (Fsp3) is 0.229. The Bertz CT molecular complexity index is 1630. The number of carbonyl (C=O) groups excluding carboxylic acids is 1. The molecule has 3 N–H and O–H groups in total. The van der Waals surface area contributed by atoms with E-state index in [0.717, 1.165) is 33.4 Å². The Balaban J connectivity index is 1.36. The number of ether oxygens (including phenoxy) is 3. The molecule has 1 aromatic heterocycles. The number of alkyl carbamates (subject to hydrolysis) is 1. The molecule has 0 radical (unpaired) electrons. The van der Waals surface area contributed by atoms with Gasteiger partial charge in [-0.3, -0.25) is 0 Å². The van der Waals surface area contributed by atoms with E-state index in [2.05, 4.69) is 16.9 Å². The number of nitrogens with one attached hydrogen (secondary N) is 1. The van der Waals surface area contributed by atoms with Gasteiger partial charge in [0.2, 0.25) is 0 Å². The highest BCUT2D eigenvalue weighted by atomic mass is 32.2. The fourth-order valence-corrected chi connectivity index (χ4v) is 5.95. The molecule has 0 bridgehead atoms. The minimum absolute atomic E-state index is 0.0454. The van der Waals surface area contributed by atoms with Crippen molar-refractivity contribution in [2.45, 2.75) is 43.1 Å². The van der Waals surface area contributed by atoms with Crippen LogP contribution in [0.15, 0.2) is 109 Å². The van der Waals surface area contributed by atoms with E-state index in [0.29, 0.717) is 23.7 Å². The Morgan fingerprint density at radius 2 is 1.76 bits per heavy atom. The molecule has 9 nitrogen and oxygen atoms in total. The molecule has 3 atom stereocenters. The Kier molecular flexibility index (Phi) is 11.0. The van der Waals surface area contributed by atoms with Crippen LogP contribution in [0.4, 0.5) is 4.79 Å².